The number of benzene rings is 1. The van der Waals surface area contributed by atoms with Crippen molar-refractivity contribution in [3.63, 3.8) is 0 Å². The van der Waals surface area contributed by atoms with Gasteiger partial charge >= 0.3 is 0 Å². The molecule has 6 heteroatoms. The maximum absolute atomic E-state index is 11.4. The van der Waals surface area contributed by atoms with E-state index in [9.17, 15) is 4.79 Å². The Kier molecular flexibility index (Phi) is 3.94. The molecule has 0 radical (unpaired) electrons. The van der Waals surface area contributed by atoms with E-state index in [1.165, 1.54) is 4.68 Å². The molecule has 2 aromatic rings. The van der Waals surface area contributed by atoms with Crippen molar-refractivity contribution < 1.29 is 9.53 Å². The highest BCUT2D eigenvalue weighted by molar-refractivity contribution is 5.93. The zero-order chi connectivity index (χ0) is 15.6. The van der Waals surface area contributed by atoms with E-state index in [-0.39, 0.29) is 17.9 Å². The first-order valence-electron chi connectivity index (χ1n) is 6.37. The highest BCUT2D eigenvalue weighted by Gasteiger charge is 2.20. The minimum absolute atomic E-state index is 0.0141. The van der Waals surface area contributed by atoms with Crippen LogP contribution in [0, 0.1) is 25.2 Å². The smallest absolute Gasteiger partial charge is 0.156 e. The molecule has 0 aliphatic heterocycles. The van der Waals surface area contributed by atoms with Gasteiger partial charge in [0.1, 0.15) is 23.8 Å². The molecule has 0 atom stereocenters. The van der Waals surface area contributed by atoms with Gasteiger partial charge in [-0.15, -0.1) is 0 Å². The summed E-state index contributed by atoms with van der Waals surface area (Å²) in [7, 11) is 1.57. The maximum Gasteiger partial charge on any atom is 0.156 e. The first-order chi connectivity index (χ1) is 10.0. The van der Waals surface area contributed by atoms with Gasteiger partial charge < -0.3 is 10.5 Å². The second kappa shape index (κ2) is 5.67. The predicted octanol–water partition coefficient (Wildman–Crippen LogP) is 2.09. The number of aldehydes is 1. The molecule has 0 spiro atoms. The Morgan fingerprint density at radius 1 is 1.48 bits per heavy atom. The Bertz CT molecular complexity index is 741. The molecule has 1 aromatic heterocycles. The van der Waals surface area contributed by atoms with Gasteiger partial charge in [0.05, 0.1) is 18.7 Å². The van der Waals surface area contributed by atoms with E-state index in [0.717, 1.165) is 11.1 Å². The van der Waals surface area contributed by atoms with E-state index >= 15 is 0 Å². The Labute approximate surface area is 122 Å². The molecule has 0 aliphatic carbocycles. The van der Waals surface area contributed by atoms with E-state index < -0.39 is 0 Å². The van der Waals surface area contributed by atoms with Crippen LogP contribution in [0.2, 0.25) is 0 Å². The topological polar surface area (TPSA) is 93.9 Å². The van der Waals surface area contributed by atoms with Crippen LogP contribution in [0.15, 0.2) is 12.1 Å². The minimum Gasteiger partial charge on any atom is -0.496 e. The summed E-state index contributed by atoms with van der Waals surface area (Å²) in [4.78, 5) is 11.4. The van der Waals surface area contributed by atoms with E-state index in [2.05, 4.69) is 5.10 Å². The van der Waals surface area contributed by atoms with Gasteiger partial charge in [-0.2, -0.15) is 10.4 Å². The van der Waals surface area contributed by atoms with Crippen LogP contribution < -0.4 is 10.5 Å². The van der Waals surface area contributed by atoms with Crippen molar-refractivity contribution in [2.75, 3.05) is 12.8 Å². The largest absolute Gasteiger partial charge is 0.496 e. The molecule has 1 heterocycles. The molecule has 0 bridgehead atoms. The van der Waals surface area contributed by atoms with Crippen molar-refractivity contribution in [3.05, 3.63) is 28.8 Å². The van der Waals surface area contributed by atoms with Crippen LogP contribution in [-0.4, -0.2) is 23.2 Å². The standard InChI is InChI=1S/C15H16N4O2/c1-9-6-10(2)14(21-3)11(7-9)13-12(8-20)15(17)19(18-13)5-4-16/h6-8H,5,17H2,1-3H3. The van der Waals surface area contributed by atoms with Gasteiger partial charge in [-0.05, 0) is 31.0 Å². The number of aryl methyl sites for hydroxylation is 2. The summed E-state index contributed by atoms with van der Waals surface area (Å²) in [5, 5.41) is 13.1. The lowest BCUT2D eigenvalue weighted by Gasteiger charge is -2.11. The molecule has 2 N–H and O–H groups in total. The van der Waals surface area contributed by atoms with Crippen molar-refractivity contribution in [3.8, 4) is 23.1 Å². The first-order valence-corrected chi connectivity index (χ1v) is 6.37. The SMILES string of the molecule is COc1c(C)cc(C)cc1-c1nn(CC#N)c(N)c1C=O. The number of carbonyl (C=O) groups is 1. The van der Waals surface area contributed by atoms with Gasteiger partial charge in [0.25, 0.3) is 0 Å². The van der Waals surface area contributed by atoms with Crippen molar-refractivity contribution >= 4 is 12.1 Å². The number of hydrogen-bond donors (Lipinski definition) is 1. The molecule has 0 saturated carbocycles. The molecule has 6 nitrogen and oxygen atoms in total. The molecule has 0 saturated heterocycles. The van der Waals surface area contributed by atoms with Gasteiger partial charge in [-0.1, -0.05) is 6.07 Å². The minimum atomic E-state index is -0.0141. The number of anilines is 1. The van der Waals surface area contributed by atoms with Gasteiger partial charge in [-0.25, -0.2) is 4.68 Å². The number of methoxy groups -OCH3 is 1. The van der Waals surface area contributed by atoms with Gasteiger partial charge in [0, 0.05) is 5.56 Å². The highest BCUT2D eigenvalue weighted by Crippen LogP contribution is 2.36. The van der Waals surface area contributed by atoms with Crippen LogP contribution in [0.1, 0.15) is 21.5 Å². The van der Waals surface area contributed by atoms with Crippen LogP contribution >= 0.6 is 0 Å². The summed E-state index contributed by atoms with van der Waals surface area (Å²) < 4.78 is 6.74. The Balaban J connectivity index is 2.75. The third-order valence-corrected chi connectivity index (χ3v) is 3.25. The normalized spacial score (nSPS) is 10.2. The second-order valence-corrected chi connectivity index (χ2v) is 4.74. The van der Waals surface area contributed by atoms with Crippen LogP contribution in [0.25, 0.3) is 11.3 Å². The third kappa shape index (κ3) is 2.46. The lowest BCUT2D eigenvalue weighted by molar-refractivity contribution is 0.112. The van der Waals surface area contributed by atoms with E-state index in [0.29, 0.717) is 23.3 Å². The molecule has 2 rings (SSSR count). The molecule has 108 valence electrons. The average Bonchev–Trinajstić information content (AvgIpc) is 2.75. The first kappa shape index (κ1) is 14.6. The number of ether oxygens (including phenoxy) is 1. The maximum atomic E-state index is 11.4. The quantitative estimate of drug-likeness (QED) is 0.867. The molecule has 21 heavy (non-hydrogen) atoms. The number of rotatable bonds is 4. The van der Waals surface area contributed by atoms with Crippen molar-refractivity contribution in [1.82, 2.24) is 9.78 Å². The number of nitrogen functional groups attached to an aromatic ring is 1. The van der Waals surface area contributed by atoms with Crippen LogP contribution in [-0.2, 0) is 6.54 Å². The lowest BCUT2D eigenvalue weighted by Crippen LogP contribution is -2.03. The number of nitrogens with two attached hydrogens (primary N) is 1. The van der Waals surface area contributed by atoms with E-state index in [1.54, 1.807) is 7.11 Å². The Morgan fingerprint density at radius 3 is 2.76 bits per heavy atom. The molecule has 0 unspecified atom stereocenters. The summed E-state index contributed by atoms with van der Waals surface area (Å²) in [6.07, 6.45) is 0.655. The number of carbonyl (C=O) groups excluding carboxylic acids is 1. The van der Waals surface area contributed by atoms with Crippen molar-refractivity contribution in [2.24, 2.45) is 0 Å². The number of hydrogen-bond acceptors (Lipinski definition) is 5. The second-order valence-electron chi connectivity index (χ2n) is 4.74. The van der Waals surface area contributed by atoms with E-state index in [1.807, 2.05) is 32.0 Å². The zero-order valence-electron chi connectivity index (χ0n) is 12.2. The summed E-state index contributed by atoms with van der Waals surface area (Å²) >= 11 is 0. The summed E-state index contributed by atoms with van der Waals surface area (Å²) in [6.45, 7) is 3.86. The molecular formula is C15H16N4O2. The summed E-state index contributed by atoms with van der Waals surface area (Å²) in [5.41, 5.74) is 9.25. The van der Waals surface area contributed by atoms with E-state index in [4.69, 9.17) is 15.7 Å². The molecule has 0 fully saturated rings. The Hall–Kier alpha value is -2.81. The van der Waals surface area contributed by atoms with Gasteiger partial charge in [0.2, 0.25) is 0 Å². The summed E-state index contributed by atoms with van der Waals surface area (Å²) in [6, 6.07) is 5.84. The molecule has 1 aromatic carbocycles. The third-order valence-electron chi connectivity index (χ3n) is 3.25. The lowest BCUT2D eigenvalue weighted by atomic mass is 10.0. The van der Waals surface area contributed by atoms with Crippen molar-refractivity contribution in [2.45, 2.75) is 20.4 Å². The van der Waals surface area contributed by atoms with Gasteiger partial charge in [0.15, 0.2) is 6.29 Å². The molecule has 0 aliphatic rings. The monoisotopic (exact) mass is 284 g/mol. The number of nitriles is 1. The molecular weight excluding hydrogens is 268 g/mol. The van der Waals surface area contributed by atoms with Crippen LogP contribution in [0.3, 0.4) is 0 Å². The number of nitrogens with zero attached hydrogens (tertiary/aromatic N) is 3. The average molecular weight is 284 g/mol. The Morgan fingerprint density at radius 2 is 2.19 bits per heavy atom. The predicted molar refractivity (Wildman–Crippen MR) is 79.1 cm³/mol. The van der Waals surface area contributed by atoms with Crippen LogP contribution in [0.5, 0.6) is 5.75 Å². The zero-order valence-corrected chi connectivity index (χ0v) is 12.2. The fraction of sp³-hybridized carbons (Fsp3) is 0.267. The van der Waals surface area contributed by atoms with Crippen LogP contribution in [0.4, 0.5) is 5.82 Å². The number of aromatic nitrogens is 2. The molecule has 0 amide bonds. The highest BCUT2D eigenvalue weighted by atomic mass is 16.5. The van der Waals surface area contributed by atoms with Gasteiger partial charge in [-0.3, -0.25) is 4.79 Å². The summed E-state index contributed by atoms with van der Waals surface area (Å²) in [5.74, 6) is 0.827. The fourth-order valence-electron chi connectivity index (χ4n) is 2.39. The van der Waals surface area contributed by atoms with Crippen molar-refractivity contribution in [1.29, 1.82) is 5.26 Å². The fourth-order valence-corrected chi connectivity index (χ4v) is 2.39.